The molecule has 1 heterocycles. The Morgan fingerprint density at radius 2 is 1.60 bits per heavy atom. The summed E-state index contributed by atoms with van der Waals surface area (Å²) in [4.78, 5) is 7.58. The van der Waals surface area contributed by atoms with Gasteiger partial charge in [0.15, 0.2) is 0 Å². The first-order valence-corrected chi connectivity index (χ1v) is 6.57. The molecule has 3 nitrogen and oxygen atoms in total. The zero-order valence-corrected chi connectivity index (χ0v) is 11.0. The first-order valence-electron chi connectivity index (χ1n) is 6.57. The van der Waals surface area contributed by atoms with Crippen molar-refractivity contribution < 1.29 is 5.11 Å². The van der Waals surface area contributed by atoms with Crippen LogP contribution in [0, 0.1) is 6.20 Å². The van der Waals surface area contributed by atoms with Crippen LogP contribution in [0.25, 0.3) is 0 Å². The van der Waals surface area contributed by atoms with E-state index in [2.05, 4.69) is 28.3 Å². The molecule has 2 aromatic carbocycles. The van der Waals surface area contributed by atoms with Gasteiger partial charge in [-0.2, -0.15) is 0 Å². The van der Waals surface area contributed by atoms with Gasteiger partial charge < -0.3 is 10.1 Å². The largest absolute Gasteiger partial charge is 0.508 e. The van der Waals surface area contributed by atoms with Crippen molar-refractivity contribution in [3.63, 3.8) is 0 Å². The van der Waals surface area contributed by atoms with E-state index >= 15 is 0 Å². The molecule has 0 aliphatic heterocycles. The minimum atomic E-state index is 0.282. The second-order valence-corrected chi connectivity index (χ2v) is 4.78. The monoisotopic (exact) mass is 263 g/mol. The van der Waals surface area contributed by atoms with Crippen LogP contribution < -0.4 is 0 Å². The third-order valence-electron chi connectivity index (χ3n) is 3.15. The summed E-state index contributed by atoms with van der Waals surface area (Å²) in [6.07, 6.45) is 4.55. The van der Waals surface area contributed by atoms with Gasteiger partial charge in [0.2, 0.25) is 0 Å². The van der Waals surface area contributed by atoms with Crippen molar-refractivity contribution in [2.45, 2.75) is 12.8 Å². The van der Waals surface area contributed by atoms with Gasteiger partial charge in [-0.05, 0) is 23.3 Å². The Hall–Kier alpha value is -2.55. The lowest BCUT2D eigenvalue weighted by Crippen LogP contribution is -1.92. The Morgan fingerprint density at radius 3 is 2.35 bits per heavy atom. The molecule has 3 rings (SSSR count). The minimum absolute atomic E-state index is 0.282. The average Bonchev–Trinajstić information content (AvgIpc) is 2.90. The molecule has 0 bridgehead atoms. The van der Waals surface area contributed by atoms with E-state index in [1.54, 1.807) is 12.1 Å². The van der Waals surface area contributed by atoms with Crippen LogP contribution in [0.3, 0.4) is 0 Å². The maximum atomic E-state index is 9.26. The highest BCUT2D eigenvalue weighted by atomic mass is 16.3. The first-order chi connectivity index (χ1) is 9.79. The van der Waals surface area contributed by atoms with E-state index in [1.165, 1.54) is 5.56 Å². The van der Waals surface area contributed by atoms with Crippen LogP contribution in [0.4, 0.5) is 0 Å². The summed E-state index contributed by atoms with van der Waals surface area (Å²) < 4.78 is 0. The summed E-state index contributed by atoms with van der Waals surface area (Å²) in [5.41, 5.74) is 3.34. The zero-order chi connectivity index (χ0) is 13.8. The van der Waals surface area contributed by atoms with Crippen LogP contribution in [0.5, 0.6) is 5.75 Å². The number of nitrogens with one attached hydrogen (secondary N) is 1. The summed E-state index contributed by atoms with van der Waals surface area (Å²) in [7, 11) is 0. The minimum Gasteiger partial charge on any atom is -0.508 e. The highest BCUT2D eigenvalue weighted by molar-refractivity contribution is 5.28. The van der Waals surface area contributed by atoms with Crippen LogP contribution >= 0.6 is 0 Å². The van der Waals surface area contributed by atoms with E-state index in [9.17, 15) is 5.11 Å². The van der Waals surface area contributed by atoms with E-state index in [-0.39, 0.29) is 5.75 Å². The Morgan fingerprint density at radius 1 is 0.900 bits per heavy atom. The molecule has 3 aromatic rings. The van der Waals surface area contributed by atoms with E-state index in [4.69, 9.17) is 0 Å². The molecule has 3 heteroatoms. The van der Waals surface area contributed by atoms with Crippen LogP contribution in [0.2, 0.25) is 0 Å². The highest BCUT2D eigenvalue weighted by Crippen LogP contribution is 2.13. The van der Waals surface area contributed by atoms with Crippen LogP contribution in [-0.4, -0.2) is 15.1 Å². The van der Waals surface area contributed by atoms with Gasteiger partial charge in [-0.25, -0.2) is 4.98 Å². The topological polar surface area (TPSA) is 48.9 Å². The number of phenols is 1. The molecule has 20 heavy (non-hydrogen) atoms. The third kappa shape index (κ3) is 3.06. The summed E-state index contributed by atoms with van der Waals surface area (Å²) in [5.74, 6) is 1.17. The van der Waals surface area contributed by atoms with E-state index in [0.29, 0.717) is 6.42 Å². The fourth-order valence-corrected chi connectivity index (χ4v) is 2.14. The molecule has 0 fully saturated rings. The lowest BCUT2D eigenvalue weighted by Gasteiger charge is -1.99. The molecule has 99 valence electrons. The van der Waals surface area contributed by atoms with Crippen molar-refractivity contribution in [3.05, 3.63) is 83.4 Å². The number of nitrogens with zero attached hydrogens (tertiary/aromatic N) is 1. The molecule has 0 unspecified atom stereocenters. The molecule has 0 amide bonds. The third-order valence-corrected chi connectivity index (χ3v) is 3.15. The number of imidazole rings is 1. The van der Waals surface area contributed by atoms with Gasteiger partial charge in [0.1, 0.15) is 17.8 Å². The van der Waals surface area contributed by atoms with Crippen molar-refractivity contribution in [2.75, 3.05) is 0 Å². The summed E-state index contributed by atoms with van der Waals surface area (Å²) in [6.45, 7) is 0. The smallest absolute Gasteiger partial charge is 0.115 e. The normalized spacial score (nSPS) is 10.6. The Bertz CT molecular complexity index is 672. The molecule has 0 atom stereocenters. The number of aromatic hydroxyl groups is 1. The zero-order valence-electron chi connectivity index (χ0n) is 11.0. The molecule has 0 saturated heterocycles. The van der Waals surface area contributed by atoms with Crippen LogP contribution in [0.15, 0.2) is 54.6 Å². The predicted octanol–water partition coefficient (Wildman–Crippen LogP) is 3.10. The second kappa shape index (κ2) is 5.61. The maximum absolute atomic E-state index is 9.26. The van der Waals surface area contributed by atoms with E-state index < -0.39 is 0 Å². The Labute approximate surface area is 117 Å². The first kappa shape index (κ1) is 12.5. The number of hydrogen-bond donors (Lipinski definition) is 2. The van der Waals surface area contributed by atoms with Crippen LogP contribution in [-0.2, 0) is 12.8 Å². The van der Waals surface area contributed by atoms with E-state index in [0.717, 1.165) is 23.5 Å². The van der Waals surface area contributed by atoms with Crippen molar-refractivity contribution in [3.8, 4) is 5.75 Å². The van der Waals surface area contributed by atoms with Gasteiger partial charge in [0, 0.05) is 18.5 Å². The van der Waals surface area contributed by atoms with Crippen molar-refractivity contribution >= 4 is 0 Å². The summed E-state index contributed by atoms with van der Waals surface area (Å²) in [6, 6.07) is 17.4. The number of rotatable bonds is 4. The van der Waals surface area contributed by atoms with Crippen molar-refractivity contribution in [2.24, 2.45) is 0 Å². The standard InChI is InChI=1S/C17H15N2O/c20-16-8-6-14(7-9-16)11-17-18-12-15(19-17)10-13-4-2-1-3-5-13/h1-9,20H,10-11H2,(H,18,19). The number of benzene rings is 2. The fourth-order valence-electron chi connectivity index (χ4n) is 2.14. The average molecular weight is 263 g/mol. The molecule has 1 aromatic heterocycles. The van der Waals surface area contributed by atoms with E-state index in [1.807, 2.05) is 30.3 Å². The molecule has 0 aliphatic carbocycles. The lowest BCUT2D eigenvalue weighted by molar-refractivity contribution is 0.475. The van der Waals surface area contributed by atoms with Gasteiger partial charge in [0.25, 0.3) is 0 Å². The van der Waals surface area contributed by atoms with Crippen molar-refractivity contribution in [1.82, 2.24) is 9.97 Å². The molecular weight excluding hydrogens is 248 g/mol. The molecular formula is C17H15N2O. The van der Waals surface area contributed by atoms with Crippen molar-refractivity contribution in [1.29, 1.82) is 0 Å². The van der Waals surface area contributed by atoms with Gasteiger partial charge in [-0.1, -0.05) is 42.5 Å². The summed E-state index contributed by atoms with van der Waals surface area (Å²) in [5, 5.41) is 9.26. The molecule has 0 saturated carbocycles. The Balaban J connectivity index is 1.69. The van der Waals surface area contributed by atoms with Crippen LogP contribution in [0.1, 0.15) is 22.6 Å². The SMILES string of the molecule is Oc1ccc(Cc2n[c]c(Cc3ccccc3)[nH]2)cc1. The maximum Gasteiger partial charge on any atom is 0.115 e. The van der Waals surface area contributed by atoms with Gasteiger partial charge in [0.05, 0.1) is 0 Å². The second-order valence-electron chi connectivity index (χ2n) is 4.78. The highest BCUT2D eigenvalue weighted by Gasteiger charge is 2.04. The van der Waals surface area contributed by atoms with Gasteiger partial charge >= 0.3 is 0 Å². The Kier molecular flexibility index (Phi) is 3.50. The number of H-pyrrole nitrogens is 1. The molecule has 1 radical (unpaired) electrons. The summed E-state index contributed by atoms with van der Waals surface area (Å²) >= 11 is 0. The molecule has 0 spiro atoms. The number of aromatic amines is 1. The van der Waals surface area contributed by atoms with Gasteiger partial charge in [-0.3, -0.25) is 0 Å². The lowest BCUT2D eigenvalue weighted by atomic mass is 10.1. The predicted molar refractivity (Wildman–Crippen MR) is 77.6 cm³/mol. The molecule has 2 N–H and O–H groups in total. The number of hydrogen-bond acceptors (Lipinski definition) is 2. The quantitative estimate of drug-likeness (QED) is 0.760. The van der Waals surface area contributed by atoms with Gasteiger partial charge in [-0.15, -0.1) is 0 Å². The number of phenolic OH excluding ortho intramolecular Hbond substituents is 1. The molecule has 0 aliphatic rings. The number of aromatic nitrogens is 2. The fraction of sp³-hybridized carbons (Fsp3) is 0.118.